The van der Waals surface area contributed by atoms with Crippen molar-refractivity contribution in [3.05, 3.63) is 59.7 Å². The number of carbonyl (C=O) groups is 4. The maximum Gasteiger partial charge on any atom is 0.335 e. The Hall–Kier alpha value is -3.88. The van der Waals surface area contributed by atoms with Crippen LogP contribution in [0.3, 0.4) is 0 Å². The van der Waals surface area contributed by atoms with Crippen LogP contribution in [0.15, 0.2) is 48.5 Å². The van der Waals surface area contributed by atoms with Crippen LogP contribution in [0.2, 0.25) is 0 Å². The highest BCUT2D eigenvalue weighted by molar-refractivity contribution is 6.44. The van der Waals surface area contributed by atoms with Gasteiger partial charge in [0, 0.05) is 6.54 Å². The van der Waals surface area contributed by atoms with Crippen molar-refractivity contribution in [2.24, 2.45) is 0 Å². The molecule has 1 fully saturated rings. The van der Waals surface area contributed by atoms with E-state index in [4.69, 9.17) is 9.47 Å². The fourth-order valence-corrected chi connectivity index (χ4v) is 2.99. The van der Waals surface area contributed by atoms with Gasteiger partial charge in [-0.3, -0.25) is 19.3 Å². The van der Waals surface area contributed by atoms with Crippen LogP contribution in [-0.4, -0.2) is 54.3 Å². The molecule has 3 rings (SSSR count). The summed E-state index contributed by atoms with van der Waals surface area (Å²) in [6.07, 6.45) is 0. The second-order valence-corrected chi connectivity index (χ2v) is 6.52. The predicted octanol–water partition coefficient (Wildman–Crippen LogP) is 1.31. The lowest BCUT2D eigenvalue weighted by molar-refractivity contribution is -0.144. The van der Waals surface area contributed by atoms with Crippen LogP contribution < -0.4 is 14.8 Å². The van der Waals surface area contributed by atoms with Crippen LogP contribution in [-0.2, 0) is 27.5 Å². The molecule has 1 heterocycles. The highest BCUT2D eigenvalue weighted by Crippen LogP contribution is 2.27. The minimum absolute atomic E-state index is 0.0337. The summed E-state index contributed by atoms with van der Waals surface area (Å²) in [5.74, 6) is -1.47. The van der Waals surface area contributed by atoms with Crippen LogP contribution in [0.4, 0.5) is 4.79 Å². The number of nitrogens with one attached hydrogen (secondary N) is 1. The minimum Gasteiger partial charge on any atom is -0.493 e. The first-order chi connectivity index (χ1) is 14.4. The number of methoxy groups -OCH3 is 2. The van der Waals surface area contributed by atoms with Gasteiger partial charge < -0.3 is 14.8 Å². The monoisotopic (exact) mass is 411 g/mol. The Bertz CT molecular complexity index is 976. The summed E-state index contributed by atoms with van der Waals surface area (Å²) in [7, 11) is 3.02. The third-order valence-corrected chi connectivity index (χ3v) is 4.56. The number of ether oxygens (including phenoxy) is 2. The van der Waals surface area contributed by atoms with Crippen molar-refractivity contribution in [2.75, 3.05) is 20.8 Å². The highest BCUT2D eigenvalue weighted by atomic mass is 16.5. The Morgan fingerprint density at radius 2 is 1.53 bits per heavy atom. The first-order valence-corrected chi connectivity index (χ1v) is 9.13. The zero-order valence-electron chi connectivity index (χ0n) is 16.6. The third-order valence-electron chi connectivity index (χ3n) is 4.56. The van der Waals surface area contributed by atoms with Gasteiger partial charge in [0.05, 0.1) is 20.8 Å². The molecule has 156 valence electrons. The van der Waals surface area contributed by atoms with Crippen molar-refractivity contribution in [1.29, 1.82) is 0 Å². The topological polar surface area (TPSA) is 105 Å². The number of urea groups is 1. The molecule has 0 saturated carbocycles. The summed E-state index contributed by atoms with van der Waals surface area (Å²) in [5.41, 5.74) is 1.44. The number of nitrogens with zero attached hydrogens (tertiary/aromatic N) is 2. The van der Waals surface area contributed by atoms with Gasteiger partial charge in [-0.1, -0.05) is 36.4 Å². The number of hydrogen-bond acceptors (Lipinski definition) is 6. The van der Waals surface area contributed by atoms with Crippen molar-refractivity contribution >= 4 is 23.8 Å². The predicted molar refractivity (Wildman–Crippen MR) is 105 cm³/mol. The SMILES string of the molecule is COc1ccc(CNC(=O)CN2C(=O)C(=O)N(Cc3ccccc3)C2=O)cc1OC. The molecule has 0 unspecified atom stereocenters. The molecule has 0 aliphatic carbocycles. The Labute approximate surface area is 173 Å². The van der Waals surface area contributed by atoms with Gasteiger partial charge in [-0.2, -0.15) is 0 Å². The van der Waals surface area contributed by atoms with Crippen molar-refractivity contribution in [2.45, 2.75) is 13.1 Å². The molecule has 30 heavy (non-hydrogen) atoms. The van der Waals surface area contributed by atoms with Gasteiger partial charge in [0.2, 0.25) is 5.91 Å². The van der Waals surface area contributed by atoms with Gasteiger partial charge in [0.25, 0.3) is 0 Å². The second kappa shape index (κ2) is 9.08. The smallest absolute Gasteiger partial charge is 0.335 e. The number of benzene rings is 2. The molecule has 2 aromatic rings. The lowest BCUT2D eigenvalue weighted by Crippen LogP contribution is -2.41. The van der Waals surface area contributed by atoms with E-state index in [1.54, 1.807) is 48.5 Å². The summed E-state index contributed by atoms with van der Waals surface area (Å²) in [5, 5.41) is 2.62. The molecule has 1 aliphatic rings. The Morgan fingerprint density at radius 3 is 2.20 bits per heavy atom. The van der Waals surface area contributed by atoms with Crippen LogP contribution >= 0.6 is 0 Å². The lowest BCUT2D eigenvalue weighted by Gasteiger charge is -2.15. The summed E-state index contributed by atoms with van der Waals surface area (Å²) in [6.45, 7) is -0.424. The summed E-state index contributed by atoms with van der Waals surface area (Å²) >= 11 is 0. The molecule has 9 nitrogen and oxygen atoms in total. The lowest BCUT2D eigenvalue weighted by atomic mass is 10.2. The molecule has 1 saturated heterocycles. The van der Waals surface area contributed by atoms with Gasteiger partial charge in [-0.15, -0.1) is 0 Å². The number of carbonyl (C=O) groups excluding carboxylic acids is 4. The molecule has 2 aromatic carbocycles. The van der Waals surface area contributed by atoms with Gasteiger partial charge in [-0.25, -0.2) is 9.69 Å². The van der Waals surface area contributed by atoms with E-state index in [2.05, 4.69) is 5.32 Å². The number of hydrogen-bond donors (Lipinski definition) is 1. The number of rotatable bonds is 8. The molecule has 0 atom stereocenters. The van der Waals surface area contributed by atoms with Crippen LogP contribution in [0, 0.1) is 0 Å². The molecule has 1 aliphatic heterocycles. The number of amides is 5. The first-order valence-electron chi connectivity index (χ1n) is 9.13. The normalized spacial score (nSPS) is 13.6. The van der Waals surface area contributed by atoms with Crippen LogP contribution in [0.1, 0.15) is 11.1 Å². The van der Waals surface area contributed by atoms with E-state index in [9.17, 15) is 19.2 Å². The summed E-state index contributed by atoms with van der Waals surface area (Å²) in [4.78, 5) is 50.6. The van der Waals surface area contributed by atoms with E-state index in [0.29, 0.717) is 22.0 Å². The minimum atomic E-state index is -1.02. The van der Waals surface area contributed by atoms with E-state index in [0.717, 1.165) is 10.5 Å². The van der Waals surface area contributed by atoms with E-state index >= 15 is 0 Å². The molecule has 0 aromatic heterocycles. The fraction of sp³-hybridized carbons (Fsp3) is 0.238. The molecule has 5 amide bonds. The second-order valence-electron chi connectivity index (χ2n) is 6.52. The van der Waals surface area contributed by atoms with E-state index < -0.39 is 30.3 Å². The highest BCUT2D eigenvalue weighted by Gasteiger charge is 2.45. The molecular weight excluding hydrogens is 390 g/mol. The van der Waals surface area contributed by atoms with E-state index in [-0.39, 0.29) is 13.1 Å². The third kappa shape index (κ3) is 4.40. The molecule has 9 heteroatoms. The maximum atomic E-state index is 12.5. The molecule has 1 N–H and O–H groups in total. The van der Waals surface area contributed by atoms with Crippen LogP contribution in [0.25, 0.3) is 0 Å². The van der Waals surface area contributed by atoms with Crippen molar-refractivity contribution in [1.82, 2.24) is 15.1 Å². The molecule has 0 spiro atoms. The molecule has 0 bridgehead atoms. The zero-order chi connectivity index (χ0) is 21.7. The summed E-state index contributed by atoms with van der Waals surface area (Å²) < 4.78 is 10.4. The van der Waals surface area contributed by atoms with E-state index in [1.165, 1.54) is 14.2 Å². The maximum absolute atomic E-state index is 12.5. The van der Waals surface area contributed by atoms with Gasteiger partial charge in [-0.05, 0) is 23.3 Å². The fourth-order valence-electron chi connectivity index (χ4n) is 2.99. The van der Waals surface area contributed by atoms with Crippen LogP contribution in [0.5, 0.6) is 11.5 Å². The first kappa shape index (κ1) is 20.8. The quantitative estimate of drug-likeness (QED) is 0.519. The van der Waals surface area contributed by atoms with Gasteiger partial charge in [0.1, 0.15) is 6.54 Å². The average molecular weight is 411 g/mol. The standard InChI is InChI=1S/C21H21N3O6/c1-29-16-9-8-15(10-17(16)30-2)11-22-18(25)13-24-20(27)19(26)23(21(24)28)12-14-6-4-3-5-7-14/h3-10H,11-13H2,1-2H3,(H,22,25). The van der Waals surface area contributed by atoms with Crippen molar-refractivity contribution in [3.8, 4) is 11.5 Å². The number of imide groups is 2. The Morgan fingerprint density at radius 1 is 0.867 bits per heavy atom. The summed E-state index contributed by atoms with van der Waals surface area (Å²) in [6, 6.07) is 13.2. The largest absolute Gasteiger partial charge is 0.493 e. The zero-order valence-corrected chi connectivity index (χ0v) is 16.6. The average Bonchev–Trinajstić information content (AvgIpc) is 2.96. The van der Waals surface area contributed by atoms with Gasteiger partial charge >= 0.3 is 17.8 Å². The molecule has 0 radical (unpaired) electrons. The Balaban J connectivity index is 1.60. The van der Waals surface area contributed by atoms with Crippen molar-refractivity contribution in [3.63, 3.8) is 0 Å². The van der Waals surface area contributed by atoms with Crippen molar-refractivity contribution < 1.29 is 28.7 Å². The van der Waals surface area contributed by atoms with E-state index in [1.807, 2.05) is 0 Å². The van der Waals surface area contributed by atoms with Gasteiger partial charge in [0.15, 0.2) is 11.5 Å². The molecular formula is C21H21N3O6. The Kier molecular flexibility index (Phi) is 6.31.